The second-order valence-electron chi connectivity index (χ2n) is 6.22. The highest BCUT2D eigenvalue weighted by atomic mass is 35.5. The second-order valence-corrected chi connectivity index (χ2v) is 6.59. The molecule has 3 aromatic rings. The summed E-state index contributed by atoms with van der Waals surface area (Å²) in [5.74, 6) is -6.48. The second kappa shape index (κ2) is 6.85. The number of nitrogens with two attached hydrogens (primary N) is 2. The molecule has 0 fully saturated rings. The Balaban J connectivity index is 2.67. The molecule has 2 heterocycles. The third kappa shape index (κ3) is 2.99. The van der Waals surface area contributed by atoms with E-state index >= 15 is 0 Å². The Bertz CT molecular complexity index is 1260. The van der Waals surface area contributed by atoms with Gasteiger partial charge in [-0.1, -0.05) is 11.6 Å². The Morgan fingerprint density at radius 3 is 2.41 bits per heavy atom. The number of carbonyl (C=O) groups is 1. The van der Waals surface area contributed by atoms with Crippen LogP contribution in [0.3, 0.4) is 0 Å². The predicted octanol–water partition coefficient (Wildman–Crippen LogP) is 2.38. The summed E-state index contributed by atoms with van der Waals surface area (Å²) in [6, 6.07) is 0.426. The van der Waals surface area contributed by atoms with Gasteiger partial charge in [0.2, 0.25) is 5.43 Å². The summed E-state index contributed by atoms with van der Waals surface area (Å²) >= 11 is 6.30. The van der Waals surface area contributed by atoms with E-state index in [-0.39, 0.29) is 16.2 Å². The van der Waals surface area contributed by atoms with E-state index in [4.69, 9.17) is 23.1 Å². The van der Waals surface area contributed by atoms with Gasteiger partial charge in [0.1, 0.15) is 5.56 Å². The fourth-order valence-electron chi connectivity index (χ4n) is 2.88. The van der Waals surface area contributed by atoms with E-state index in [0.29, 0.717) is 6.07 Å². The van der Waals surface area contributed by atoms with Crippen molar-refractivity contribution in [3.63, 3.8) is 0 Å². The fourth-order valence-corrected chi connectivity index (χ4v) is 3.32. The van der Waals surface area contributed by atoms with Crippen molar-refractivity contribution < 1.29 is 23.1 Å². The molecule has 5 N–H and O–H groups in total. The number of pyridine rings is 2. The molecular weight excluding hydrogens is 415 g/mol. The highest BCUT2D eigenvalue weighted by Gasteiger charge is 2.27. The van der Waals surface area contributed by atoms with Crippen LogP contribution < -0.4 is 21.8 Å². The lowest BCUT2D eigenvalue weighted by atomic mass is 10.1. The van der Waals surface area contributed by atoms with Crippen molar-refractivity contribution in [2.75, 3.05) is 30.5 Å². The first-order valence-electron chi connectivity index (χ1n) is 7.85. The average Bonchev–Trinajstić information content (AvgIpc) is 2.62. The number of aromatic carboxylic acids is 1. The van der Waals surface area contributed by atoms with Gasteiger partial charge in [0, 0.05) is 26.4 Å². The summed E-state index contributed by atoms with van der Waals surface area (Å²) in [5.41, 5.74) is 7.93. The first-order chi connectivity index (χ1) is 13.5. The van der Waals surface area contributed by atoms with Gasteiger partial charge >= 0.3 is 5.97 Å². The summed E-state index contributed by atoms with van der Waals surface area (Å²) in [6.07, 6.45) is 0.735. The molecule has 2 aromatic heterocycles. The predicted molar refractivity (Wildman–Crippen MR) is 102 cm³/mol. The molecule has 0 saturated carbocycles. The maximum absolute atomic E-state index is 14.8. The Hall–Kier alpha value is -3.47. The maximum Gasteiger partial charge on any atom is 0.341 e. The lowest BCUT2D eigenvalue weighted by molar-refractivity contribution is 0.0695. The molecule has 0 aliphatic rings. The van der Waals surface area contributed by atoms with Crippen LogP contribution in [0.15, 0.2) is 17.1 Å². The Morgan fingerprint density at radius 1 is 1.24 bits per heavy atom. The number of hydrogen-bond acceptors (Lipinski definition) is 6. The summed E-state index contributed by atoms with van der Waals surface area (Å²) in [6.45, 7) is 0. The number of halogens is 4. The number of carboxylic acids is 1. The third-order valence-electron chi connectivity index (χ3n) is 4.18. The quantitative estimate of drug-likeness (QED) is 0.547. The summed E-state index contributed by atoms with van der Waals surface area (Å²) in [5, 5.41) is 8.39. The molecule has 0 aliphatic heterocycles. The summed E-state index contributed by atoms with van der Waals surface area (Å²) in [7, 11) is 2.89. The monoisotopic (exact) mass is 427 g/mol. The van der Waals surface area contributed by atoms with E-state index in [1.165, 1.54) is 19.0 Å². The summed E-state index contributed by atoms with van der Waals surface area (Å²) in [4.78, 5) is 29.0. The molecule has 0 unspecified atom stereocenters. The number of nitrogen functional groups attached to an aromatic ring is 2. The molecule has 0 saturated heterocycles. The van der Waals surface area contributed by atoms with Crippen LogP contribution in [0.4, 0.5) is 30.4 Å². The van der Waals surface area contributed by atoms with Gasteiger partial charge in [0.15, 0.2) is 29.1 Å². The van der Waals surface area contributed by atoms with Gasteiger partial charge in [-0.25, -0.2) is 22.9 Å². The number of aromatic nitrogens is 2. The van der Waals surface area contributed by atoms with E-state index in [1.54, 1.807) is 0 Å². The van der Waals surface area contributed by atoms with Crippen molar-refractivity contribution >= 4 is 45.7 Å². The molecule has 152 valence electrons. The van der Waals surface area contributed by atoms with Crippen LogP contribution in [0.5, 0.6) is 0 Å². The minimum atomic E-state index is -1.69. The van der Waals surface area contributed by atoms with Crippen molar-refractivity contribution in [2.45, 2.75) is 0 Å². The minimum absolute atomic E-state index is 0.233. The largest absolute Gasteiger partial charge is 0.477 e. The number of nitrogens with zero attached hydrogens (tertiary/aromatic N) is 3. The molecule has 0 spiro atoms. The fraction of sp³-hybridized carbons (Fsp3) is 0.118. The van der Waals surface area contributed by atoms with E-state index in [0.717, 1.165) is 10.8 Å². The zero-order chi connectivity index (χ0) is 21.8. The highest BCUT2D eigenvalue weighted by molar-refractivity contribution is 6.38. The van der Waals surface area contributed by atoms with Gasteiger partial charge in [-0.2, -0.15) is 0 Å². The molecule has 0 atom stereocenters. The first-order valence-corrected chi connectivity index (χ1v) is 8.23. The average molecular weight is 428 g/mol. The lowest BCUT2D eigenvalue weighted by Crippen LogP contribution is -2.23. The maximum atomic E-state index is 14.8. The van der Waals surface area contributed by atoms with Crippen LogP contribution in [-0.4, -0.2) is 34.7 Å². The molecule has 29 heavy (non-hydrogen) atoms. The number of fused-ring (bicyclic) bond motifs is 1. The molecule has 3 rings (SSSR count). The van der Waals surface area contributed by atoms with E-state index in [1.807, 2.05) is 0 Å². The first kappa shape index (κ1) is 20.3. The van der Waals surface area contributed by atoms with E-state index < -0.39 is 57.1 Å². The molecule has 12 heteroatoms. The SMILES string of the molecule is CN(C)c1c(F)c(N)c2c(=O)c(C(=O)O)cn(-c3nc(N)c(F)cc3F)c2c1Cl. The standard InChI is InChI=1S/C17H13ClF3N5O3/c1-25(2)13-9(18)12-8(11(22)10(13)21)14(27)5(17(28)29)4-26(12)16-7(20)3-6(19)15(23)24-16/h3-4H,22H2,1-2H3,(H2,23,24)(H,28,29). The van der Waals surface area contributed by atoms with Gasteiger partial charge in [-0.05, 0) is 0 Å². The number of benzene rings is 1. The lowest BCUT2D eigenvalue weighted by Gasteiger charge is -2.21. The van der Waals surface area contributed by atoms with Crippen LogP contribution in [0.2, 0.25) is 5.02 Å². The number of carboxylic acid groups (broad SMARTS) is 1. The molecule has 0 aliphatic carbocycles. The van der Waals surface area contributed by atoms with Crippen molar-refractivity contribution in [1.82, 2.24) is 9.55 Å². The van der Waals surface area contributed by atoms with Crippen LogP contribution in [0.1, 0.15) is 10.4 Å². The molecule has 8 nitrogen and oxygen atoms in total. The van der Waals surface area contributed by atoms with E-state index in [9.17, 15) is 27.9 Å². The summed E-state index contributed by atoms with van der Waals surface area (Å²) < 4.78 is 43.6. The molecule has 0 amide bonds. The van der Waals surface area contributed by atoms with Crippen molar-refractivity contribution in [1.29, 1.82) is 0 Å². The zero-order valence-electron chi connectivity index (χ0n) is 14.9. The number of hydrogen-bond donors (Lipinski definition) is 3. The van der Waals surface area contributed by atoms with Gasteiger partial charge in [0.25, 0.3) is 0 Å². The molecule has 1 aromatic carbocycles. The van der Waals surface area contributed by atoms with E-state index in [2.05, 4.69) is 4.98 Å². The molecule has 0 radical (unpaired) electrons. The van der Waals surface area contributed by atoms with Crippen molar-refractivity contribution in [3.8, 4) is 5.82 Å². The van der Waals surface area contributed by atoms with Gasteiger partial charge in [-0.15, -0.1) is 0 Å². The Labute approximate surface area is 165 Å². The molecular formula is C17H13ClF3N5O3. The Morgan fingerprint density at radius 2 is 1.86 bits per heavy atom. The van der Waals surface area contributed by atoms with Gasteiger partial charge in [0.05, 0.1) is 27.3 Å². The molecule has 0 bridgehead atoms. The smallest absolute Gasteiger partial charge is 0.341 e. The number of rotatable bonds is 3. The Kier molecular flexibility index (Phi) is 4.79. The van der Waals surface area contributed by atoms with Crippen molar-refractivity contribution in [3.05, 3.63) is 50.5 Å². The number of anilines is 3. The minimum Gasteiger partial charge on any atom is -0.477 e. The topological polar surface area (TPSA) is 127 Å². The van der Waals surface area contributed by atoms with Crippen molar-refractivity contribution in [2.24, 2.45) is 0 Å². The van der Waals surface area contributed by atoms with Gasteiger partial charge < -0.3 is 21.5 Å². The third-order valence-corrected chi connectivity index (χ3v) is 4.54. The normalized spacial score (nSPS) is 11.1. The van der Waals surface area contributed by atoms with Crippen LogP contribution in [0.25, 0.3) is 16.7 Å². The zero-order valence-corrected chi connectivity index (χ0v) is 15.7. The highest BCUT2D eigenvalue weighted by Crippen LogP contribution is 2.39. The van der Waals surface area contributed by atoms with Crippen LogP contribution in [-0.2, 0) is 0 Å². The van der Waals surface area contributed by atoms with Crippen LogP contribution in [0, 0.1) is 17.5 Å². The van der Waals surface area contributed by atoms with Crippen LogP contribution >= 0.6 is 11.6 Å². The van der Waals surface area contributed by atoms with Gasteiger partial charge in [-0.3, -0.25) is 9.36 Å².